The first-order valence-corrected chi connectivity index (χ1v) is 9.58. The van der Waals surface area contributed by atoms with E-state index >= 15 is 0 Å². The van der Waals surface area contributed by atoms with Crippen molar-refractivity contribution in [3.05, 3.63) is 18.0 Å². The Morgan fingerprint density at radius 2 is 2.24 bits per heavy atom. The van der Waals surface area contributed by atoms with Crippen molar-refractivity contribution in [3.8, 4) is 0 Å². The fourth-order valence-corrected chi connectivity index (χ4v) is 4.29. The molecule has 0 radical (unpaired) electrons. The summed E-state index contributed by atoms with van der Waals surface area (Å²) < 4.78 is 12.1. The van der Waals surface area contributed by atoms with Crippen LogP contribution in [-0.2, 0) is 9.47 Å². The molecule has 2 aliphatic heterocycles. The van der Waals surface area contributed by atoms with Crippen molar-refractivity contribution in [1.82, 2.24) is 20.4 Å². The highest BCUT2D eigenvalue weighted by Crippen LogP contribution is 2.37. The second kappa shape index (κ2) is 7.33. The van der Waals surface area contributed by atoms with Crippen molar-refractivity contribution in [2.75, 3.05) is 26.2 Å². The molecule has 4 rings (SSSR count). The van der Waals surface area contributed by atoms with Crippen molar-refractivity contribution in [1.29, 1.82) is 0 Å². The average Bonchev–Trinajstić information content (AvgIpc) is 3.31. The molecule has 138 valence electrons. The van der Waals surface area contributed by atoms with E-state index in [4.69, 9.17) is 9.47 Å². The van der Waals surface area contributed by atoms with Crippen LogP contribution in [0.2, 0.25) is 0 Å². The summed E-state index contributed by atoms with van der Waals surface area (Å²) in [5.74, 6) is -0.0247. The number of carbonyl (C=O) groups excluding carboxylic acids is 1. The van der Waals surface area contributed by atoms with Crippen molar-refractivity contribution in [2.45, 2.75) is 62.8 Å². The zero-order valence-electron chi connectivity index (χ0n) is 14.7. The third-order valence-corrected chi connectivity index (χ3v) is 5.68. The number of nitrogens with zero attached hydrogens (tertiary/aromatic N) is 2. The first-order chi connectivity index (χ1) is 12.2. The summed E-state index contributed by atoms with van der Waals surface area (Å²) in [6, 6.07) is 2.00. The van der Waals surface area contributed by atoms with Gasteiger partial charge in [-0.25, -0.2) is 4.79 Å². The maximum absolute atomic E-state index is 12.5. The Balaban J connectivity index is 1.25. The summed E-state index contributed by atoms with van der Waals surface area (Å²) in [7, 11) is 0. The highest BCUT2D eigenvalue weighted by Gasteiger charge is 2.42. The molecule has 3 aliphatic rings. The van der Waals surface area contributed by atoms with E-state index in [1.807, 2.05) is 11.0 Å². The minimum absolute atomic E-state index is 0.00240. The summed E-state index contributed by atoms with van der Waals surface area (Å²) in [6.45, 7) is 2.64. The fourth-order valence-electron chi connectivity index (χ4n) is 4.29. The minimum atomic E-state index is -0.371. The number of piperidine rings is 1. The fraction of sp³-hybridized carbons (Fsp3) is 0.778. The van der Waals surface area contributed by atoms with Gasteiger partial charge in [0.05, 0.1) is 6.61 Å². The first kappa shape index (κ1) is 16.8. The van der Waals surface area contributed by atoms with Gasteiger partial charge < -0.3 is 19.7 Å². The van der Waals surface area contributed by atoms with E-state index in [2.05, 4.69) is 15.5 Å². The van der Waals surface area contributed by atoms with E-state index in [0.29, 0.717) is 19.1 Å². The molecule has 0 aromatic carbocycles. The smallest absolute Gasteiger partial charge is 0.317 e. The molecule has 1 spiro atoms. The maximum atomic E-state index is 12.5. The number of hydrogen-bond acceptors (Lipinski definition) is 4. The molecular weight excluding hydrogens is 320 g/mol. The molecule has 2 N–H and O–H groups in total. The number of urea groups is 1. The molecule has 1 saturated carbocycles. The first-order valence-electron chi connectivity index (χ1n) is 9.58. The van der Waals surface area contributed by atoms with Gasteiger partial charge in [0.15, 0.2) is 5.79 Å². The van der Waals surface area contributed by atoms with Crippen LogP contribution in [0, 0.1) is 0 Å². The molecule has 3 heterocycles. The quantitative estimate of drug-likeness (QED) is 0.879. The van der Waals surface area contributed by atoms with Gasteiger partial charge in [-0.05, 0) is 31.7 Å². The molecule has 3 fully saturated rings. The van der Waals surface area contributed by atoms with Crippen LogP contribution < -0.4 is 5.32 Å². The largest absolute Gasteiger partial charge is 0.347 e. The number of carbonyl (C=O) groups is 1. The lowest BCUT2D eigenvalue weighted by Crippen LogP contribution is -2.47. The summed E-state index contributed by atoms with van der Waals surface area (Å²) >= 11 is 0. The Hall–Kier alpha value is -1.60. The Kier molecular flexibility index (Phi) is 4.94. The third kappa shape index (κ3) is 3.82. The van der Waals surface area contributed by atoms with E-state index in [0.717, 1.165) is 44.5 Å². The molecular formula is C18H28N4O3. The molecule has 7 nitrogen and oxygen atoms in total. The molecule has 7 heteroatoms. The van der Waals surface area contributed by atoms with Gasteiger partial charge in [-0.3, -0.25) is 5.10 Å². The summed E-state index contributed by atoms with van der Waals surface area (Å²) in [5.41, 5.74) is 1.12. The van der Waals surface area contributed by atoms with Gasteiger partial charge >= 0.3 is 6.03 Å². The SMILES string of the molecule is O=C(NC[C@@H]1COC2(CCCCC2)O1)N1CCC[C@@H](c2ccn[nH]2)C1. The van der Waals surface area contributed by atoms with Crippen LogP contribution in [-0.4, -0.2) is 59.3 Å². The van der Waals surface area contributed by atoms with Crippen LogP contribution in [0.25, 0.3) is 0 Å². The van der Waals surface area contributed by atoms with Crippen LogP contribution >= 0.6 is 0 Å². The number of aromatic amines is 1. The zero-order chi connectivity index (χ0) is 17.1. The number of hydrogen-bond donors (Lipinski definition) is 2. The number of likely N-dealkylation sites (tertiary alicyclic amines) is 1. The third-order valence-electron chi connectivity index (χ3n) is 5.68. The van der Waals surface area contributed by atoms with Crippen LogP contribution in [0.1, 0.15) is 56.6 Å². The Bertz CT molecular complexity index is 571. The number of aromatic nitrogens is 2. The lowest BCUT2D eigenvalue weighted by molar-refractivity contribution is -0.186. The summed E-state index contributed by atoms with van der Waals surface area (Å²) in [4.78, 5) is 14.4. The molecule has 2 amide bonds. The molecule has 25 heavy (non-hydrogen) atoms. The van der Waals surface area contributed by atoms with Crippen LogP contribution in [0.5, 0.6) is 0 Å². The van der Waals surface area contributed by atoms with E-state index in [1.165, 1.54) is 19.3 Å². The zero-order valence-corrected chi connectivity index (χ0v) is 14.7. The molecule has 1 aromatic rings. The van der Waals surface area contributed by atoms with Crippen LogP contribution in [0.4, 0.5) is 4.79 Å². The number of nitrogens with one attached hydrogen (secondary N) is 2. The second-order valence-electron chi connectivity index (χ2n) is 7.51. The van der Waals surface area contributed by atoms with E-state index in [-0.39, 0.29) is 17.9 Å². The topological polar surface area (TPSA) is 79.5 Å². The molecule has 1 aliphatic carbocycles. The van der Waals surface area contributed by atoms with Crippen molar-refractivity contribution in [3.63, 3.8) is 0 Å². The molecule has 2 saturated heterocycles. The number of ether oxygens (including phenoxy) is 2. The normalized spacial score (nSPS) is 29.0. The van der Waals surface area contributed by atoms with Gasteiger partial charge in [0, 0.05) is 50.3 Å². The van der Waals surface area contributed by atoms with Gasteiger partial charge in [0.2, 0.25) is 0 Å². The van der Waals surface area contributed by atoms with Crippen molar-refractivity contribution in [2.24, 2.45) is 0 Å². The van der Waals surface area contributed by atoms with Gasteiger partial charge in [0.25, 0.3) is 0 Å². The lowest BCUT2D eigenvalue weighted by Gasteiger charge is -2.33. The highest BCUT2D eigenvalue weighted by molar-refractivity contribution is 5.74. The van der Waals surface area contributed by atoms with E-state index < -0.39 is 0 Å². The van der Waals surface area contributed by atoms with Crippen LogP contribution in [0.15, 0.2) is 12.3 Å². The number of amides is 2. The maximum Gasteiger partial charge on any atom is 0.317 e. The molecule has 2 atom stereocenters. The second-order valence-corrected chi connectivity index (χ2v) is 7.51. The predicted molar refractivity (Wildman–Crippen MR) is 92.2 cm³/mol. The van der Waals surface area contributed by atoms with Gasteiger partial charge in [0.1, 0.15) is 6.10 Å². The lowest BCUT2D eigenvalue weighted by atomic mass is 9.94. The van der Waals surface area contributed by atoms with Crippen LogP contribution in [0.3, 0.4) is 0 Å². The Morgan fingerprint density at radius 3 is 3.04 bits per heavy atom. The van der Waals surface area contributed by atoms with E-state index in [1.54, 1.807) is 6.20 Å². The van der Waals surface area contributed by atoms with Gasteiger partial charge in [-0.2, -0.15) is 5.10 Å². The van der Waals surface area contributed by atoms with Crippen molar-refractivity contribution < 1.29 is 14.3 Å². The molecule has 0 unspecified atom stereocenters. The minimum Gasteiger partial charge on any atom is -0.347 e. The van der Waals surface area contributed by atoms with E-state index in [9.17, 15) is 4.79 Å². The number of H-pyrrole nitrogens is 1. The van der Waals surface area contributed by atoms with Gasteiger partial charge in [-0.1, -0.05) is 6.42 Å². The predicted octanol–water partition coefficient (Wildman–Crippen LogP) is 2.37. The molecule has 1 aromatic heterocycles. The monoisotopic (exact) mass is 348 g/mol. The summed E-state index contributed by atoms with van der Waals surface area (Å²) in [5, 5.41) is 10.1. The summed E-state index contributed by atoms with van der Waals surface area (Å²) in [6.07, 6.45) is 9.41. The van der Waals surface area contributed by atoms with Crippen molar-refractivity contribution >= 4 is 6.03 Å². The Labute approximate surface area is 148 Å². The molecule has 0 bridgehead atoms. The van der Waals surface area contributed by atoms with Gasteiger partial charge in [-0.15, -0.1) is 0 Å². The Morgan fingerprint density at radius 1 is 1.36 bits per heavy atom. The number of rotatable bonds is 3. The standard InChI is InChI=1S/C18H28N4O3/c23-17(22-10-4-5-14(12-22)16-6-9-20-21-16)19-11-15-13-24-18(25-15)7-2-1-3-8-18/h6,9,14-15H,1-5,7-8,10-13H2,(H,19,23)(H,20,21)/t14-,15-/m1/s1. The highest BCUT2D eigenvalue weighted by atomic mass is 16.7. The average molecular weight is 348 g/mol.